The fraction of sp³-hybridized carbons (Fsp3) is 0.385. The molecule has 100 valence electrons. The van der Waals surface area contributed by atoms with Crippen LogP contribution < -0.4 is 5.73 Å². The van der Waals surface area contributed by atoms with E-state index >= 15 is 0 Å². The summed E-state index contributed by atoms with van der Waals surface area (Å²) in [7, 11) is 1.87. The van der Waals surface area contributed by atoms with E-state index in [1.54, 1.807) is 0 Å². The summed E-state index contributed by atoms with van der Waals surface area (Å²) in [5.41, 5.74) is 8.21. The number of hydrogen-bond donors (Lipinski definition) is 2. The fourth-order valence-electron chi connectivity index (χ4n) is 1.97. The molecule has 0 radical (unpaired) electrons. The van der Waals surface area contributed by atoms with Crippen LogP contribution in [0.4, 0.5) is 5.69 Å². The summed E-state index contributed by atoms with van der Waals surface area (Å²) in [5.74, 6) is 0.579. The van der Waals surface area contributed by atoms with Gasteiger partial charge in [0.1, 0.15) is 0 Å². The summed E-state index contributed by atoms with van der Waals surface area (Å²) in [6, 6.07) is 6.01. The van der Waals surface area contributed by atoms with Crippen molar-refractivity contribution in [3.63, 3.8) is 0 Å². The van der Waals surface area contributed by atoms with Crippen LogP contribution in [0.25, 0.3) is 11.0 Å². The van der Waals surface area contributed by atoms with Crippen molar-refractivity contribution in [2.45, 2.75) is 24.0 Å². The van der Waals surface area contributed by atoms with Gasteiger partial charge in [-0.05, 0) is 31.0 Å². The number of rotatable bonds is 4. The normalized spacial score (nSPS) is 14.8. The maximum atomic E-state index is 11.9. The van der Waals surface area contributed by atoms with Crippen molar-refractivity contribution in [1.82, 2.24) is 14.9 Å². The molecule has 0 atom stereocenters. The third-order valence-corrected chi connectivity index (χ3v) is 4.16. The lowest BCUT2D eigenvalue weighted by Gasteiger charge is -2.15. The molecule has 6 heteroatoms. The lowest BCUT2D eigenvalue weighted by atomic mass is 10.3. The van der Waals surface area contributed by atoms with Gasteiger partial charge in [0.25, 0.3) is 0 Å². The number of nitrogens with two attached hydrogens (primary N) is 1. The summed E-state index contributed by atoms with van der Waals surface area (Å²) in [4.78, 5) is 21.4. The van der Waals surface area contributed by atoms with Crippen molar-refractivity contribution >= 4 is 34.4 Å². The molecule has 0 saturated heterocycles. The Morgan fingerprint density at radius 3 is 3.11 bits per heavy atom. The van der Waals surface area contributed by atoms with E-state index in [0.29, 0.717) is 17.5 Å². The number of fused-ring (bicyclic) bond motifs is 1. The minimum Gasteiger partial charge on any atom is -0.399 e. The first-order valence-electron chi connectivity index (χ1n) is 6.27. The molecule has 19 heavy (non-hydrogen) atoms. The Morgan fingerprint density at radius 1 is 1.58 bits per heavy atom. The maximum absolute atomic E-state index is 11.9. The zero-order valence-electron chi connectivity index (χ0n) is 10.7. The fourth-order valence-corrected chi connectivity index (χ4v) is 2.78. The second kappa shape index (κ2) is 4.77. The highest BCUT2D eigenvalue weighted by Gasteiger charge is 2.29. The Hall–Kier alpha value is -1.69. The Morgan fingerprint density at radius 2 is 2.37 bits per heavy atom. The minimum atomic E-state index is 0.160. The van der Waals surface area contributed by atoms with Gasteiger partial charge in [0.2, 0.25) is 5.91 Å². The molecule has 3 rings (SSSR count). The van der Waals surface area contributed by atoms with Gasteiger partial charge < -0.3 is 15.6 Å². The average Bonchev–Trinajstić information content (AvgIpc) is 3.16. The number of H-pyrrole nitrogens is 1. The zero-order chi connectivity index (χ0) is 13.4. The number of aromatic nitrogens is 2. The summed E-state index contributed by atoms with van der Waals surface area (Å²) >= 11 is 1.43. The van der Waals surface area contributed by atoms with Crippen LogP contribution in [-0.2, 0) is 4.79 Å². The van der Waals surface area contributed by atoms with Crippen LogP contribution in [0.3, 0.4) is 0 Å². The number of benzene rings is 1. The topological polar surface area (TPSA) is 75.0 Å². The molecule has 1 aromatic carbocycles. The molecule has 1 aliphatic carbocycles. The van der Waals surface area contributed by atoms with Gasteiger partial charge in [0, 0.05) is 18.8 Å². The molecule has 0 unspecified atom stereocenters. The highest BCUT2D eigenvalue weighted by atomic mass is 32.2. The van der Waals surface area contributed by atoms with Crippen molar-refractivity contribution in [1.29, 1.82) is 0 Å². The van der Waals surface area contributed by atoms with Gasteiger partial charge in [0.15, 0.2) is 5.16 Å². The van der Waals surface area contributed by atoms with Gasteiger partial charge in [-0.25, -0.2) is 4.98 Å². The van der Waals surface area contributed by atoms with E-state index in [2.05, 4.69) is 9.97 Å². The number of carbonyl (C=O) groups excluding carboxylic acids is 1. The van der Waals surface area contributed by atoms with E-state index < -0.39 is 0 Å². The number of thioether (sulfide) groups is 1. The SMILES string of the molecule is CN(C(=O)CSc1nc2ccc(N)cc2[nH]1)C1CC1. The Balaban J connectivity index is 1.66. The van der Waals surface area contributed by atoms with E-state index in [1.807, 2.05) is 30.1 Å². The molecule has 1 aliphatic rings. The molecule has 0 spiro atoms. The number of amides is 1. The molecule has 5 nitrogen and oxygen atoms in total. The molecule has 1 amide bonds. The molecule has 2 aromatic rings. The molecule has 1 fully saturated rings. The first-order chi connectivity index (χ1) is 9.13. The predicted molar refractivity (Wildman–Crippen MR) is 77.0 cm³/mol. The van der Waals surface area contributed by atoms with Gasteiger partial charge in [0.05, 0.1) is 16.8 Å². The van der Waals surface area contributed by atoms with Crippen LogP contribution >= 0.6 is 11.8 Å². The highest BCUT2D eigenvalue weighted by molar-refractivity contribution is 7.99. The zero-order valence-corrected chi connectivity index (χ0v) is 11.5. The lowest BCUT2D eigenvalue weighted by Crippen LogP contribution is -2.30. The van der Waals surface area contributed by atoms with Crippen LogP contribution in [0.1, 0.15) is 12.8 Å². The number of nitrogen functional groups attached to an aromatic ring is 1. The van der Waals surface area contributed by atoms with Gasteiger partial charge in [-0.1, -0.05) is 11.8 Å². The average molecular weight is 276 g/mol. The molecule has 1 aromatic heterocycles. The van der Waals surface area contributed by atoms with E-state index in [1.165, 1.54) is 11.8 Å². The van der Waals surface area contributed by atoms with E-state index in [0.717, 1.165) is 29.0 Å². The molecule has 1 saturated carbocycles. The monoisotopic (exact) mass is 276 g/mol. The maximum Gasteiger partial charge on any atom is 0.233 e. The molecule has 0 aliphatic heterocycles. The van der Waals surface area contributed by atoms with Crippen molar-refractivity contribution in [3.05, 3.63) is 18.2 Å². The van der Waals surface area contributed by atoms with Crippen LogP contribution in [0.15, 0.2) is 23.4 Å². The smallest absolute Gasteiger partial charge is 0.233 e. The lowest BCUT2D eigenvalue weighted by molar-refractivity contribution is -0.127. The summed E-state index contributed by atoms with van der Waals surface area (Å²) < 4.78 is 0. The number of nitrogens with one attached hydrogen (secondary N) is 1. The third-order valence-electron chi connectivity index (χ3n) is 3.30. The number of aromatic amines is 1. The Labute approximate surface area is 115 Å². The van der Waals surface area contributed by atoms with Crippen LogP contribution in [-0.4, -0.2) is 39.6 Å². The number of imidazole rings is 1. The van der Waals surface area contributed by atoms with Crippen LogP contribution in [0.5, 0.6) is 0 Å². The minimum absolute atomic E-state index is 0.160. The van der Waals surface area contributed by atoms with Gasteiger partial charge in [-0.3, -0.25) is 4.79 Å². The van der Waals surface area contributed by atoms with Crippen LogP contribution in [0, 0.1) is 0 Å². The van der Waals surface area contributed by atoms with Crippen molar-refractivity contribution in [2.24, 2.45) is 0 Å². The third kappa shape index (κ3) is 2.68. The largest absolute Gasteiger partial charge is 0.399 e. The number of hydrogen-bond acceptors (Lipinski definition) is 4. The second-order valence-corrected chi connectivity index (χ2v) is 5.81. The van der Waals surface area contributed by atoms with E-state index in [-0.39, 0.29) is 5.91 Å². The van der Waals surface area contributed by atoms with Crippen LogP contribution in [0.2, 0.25) is 0 Å². The first kappa shape index (κ1) is 12.3. The summed E-state index contributed by atoms with van der Waals surface area (Å²) in [6.45, 7) is 0. The number of anilines is 1. The van der Waals surface area contributed by atoms with Crippen molar-refractivity contribution in [2.75, 3.05) is 18.5 Å². The van der Waals surface area contributed by atoms with Crippen molar-refractivity contribution < 1.29 is 4.79 Å². The quantitative estimate of drug-likeness (QED) is 0.660. The molecule has 3 N–H and O–H groups in total. The number of carbonyl (C=O) groups is 1. The van der Waals surface area contributed by atoms with Gasteiger partial charge in [-0.2, -0.15) is 0 Å². The second-order valence-electron chi connectivity index (χ2n) is 4.84. The number of nitrogens with zero attached hydrogens (tertiary/aromatic N) is 2. The van der Waals surface area contributed by atoms with E-state index in [4.69, 9.17) is 5.73 Å². The molecular formula is C13H16N4OS. The highest BCUT2D eigenvalue weighted by Crippen LogP contribution is 2.27. The van der Waals surface area contributed by atoms with Crippen molar-refractivity contribution in [3.8, 4) is 0 Å². The Kier molecular flexibility index (Phi) is 3.10. The summed E-state index contributed by atoms with van der Waals surface area (Å²) in [5, 5.41) is 0.762. The summed E-state index contributed by atoms with van der Waals surface area (Å²) in [6.07, 6.45) is 2.27. The molecule has 0 bridgehead atoms. The first-order valence-corrected chi connectivity index (χ1v) is 7.26. The van der Waals surface area contributed by atoms with Gasteiger partial charge >= 0.3 is 0 Å². The predicted octanol–water partition coefficient (Wildman–Crippen LogP) is 1.86. The molecular weight excluding hydrogens is 260 g/mol. The molecule has 1 heterocycles. The standard InChI is InChI=1S/C13H16N4OS/c1-17(9-3-4-9)12(18)7-19-13-15-10-5-2-8(14)6-11(10)16-13/h2,5-6,9H,3-4,7,14H2,1H3,(H,15,16). The Bertz CT molecular complexity index is 620. The van der Waals surface area contributed by atoms with E-state index in [9.17, 15) is 4.79 Å². The van der Waals surface area contributed by atoms with Gasteiger partial charge in [-0.15, -0.1) is 0 Å².